The standard InChI is InChI=1S/C15H22FNO2/c1-11-6-7-14(16)15(8-11)17-9-12(18)10-19-13-4-2-3-5-13/h6-8,12-13,17-18H,2-5,9-10H2,1H3. The number of anilines is 1. The van der Waals surface area contributed by atoms with Crippen LogP contribution >= 0.6 is 0 Å². The first-order valence-corrected chi connectivity index (χ1v) is 6.95. The molecule has 1 aromatic carbocycles. The van der Waals surface area contributed by atoms with Crippen LogP contribution < -0.4 is 5.32 Å². The molecule has 2 N–H and O–H groups in total. The van der Waals surface area contributed by atoms with Crippen molar-refractivity contribution in [2.24, 2.45) is 0 Å². The average molecular weight is 267 g/mol. The molecule has 0 heterocycles. The van der Waals surface area contributed by atoms with Crippen LogP contribution in [0.5, 0.6) is 0 Å². The molecule has 1 aliphatic rings. The number of nitrogens with one attached hydrogen (secondary N) is 1. The zero-order valence-electron chi connectivity index (χ0n) is 11.4. The molecule has 1 atom stereocenters. The third-order valence-corrected chi connectivity index (χ3v) is 3.48. The molecule has 106 valence electrons. The predicted molar refractivity (Wildman–Crippen MR) is 73.8 cm³/mol. The van der Waals surface area contributed by atoms with Crippen molar-refractivity contribution >= 4 is 5.69 Å². The molecule has 1 saturated carbocycles. The number of ether oxygens (including phenoxy) is 1. The van der Waals surface area contributed by atoms with Crippen molar-refractivity contribution in [3.8, 4) is 0 Å². The lowest BCUT2D eigenvalue weighted by Gasteiger charge is -2.17. The number of hydrogen-bond acceptors (Lipinski definition) is 3. The molecule has 1 fully saturated rings. The summed E-state index contributed by atoms with van der Waals surface area (Å²) in [6, 6.07) is 4.89. The van der Waals surface area contributed by atoms with Crippen LogP contribution in [0.15, 0.2) is 18.2 Å². The molecule has 2 rings (SSSR count). The van der Waals surface area contributed by atoms with Gasteiger partial charge in [-0.25, -0.2) is 4.39 Å². The third kappa shape index (κ3) is 4.48. The van der Waals surface area contributed by atoms with Crippen molar-refractivity contribution in [3.05, 3.63) is 29.6 Å². The molecule has 1 unspecified atom stereocenters. The van der Waals surface area contributed by atoms with Gasteiger partial charge in [-0.3, -0.25) is 0 Å². The quantitative estimate of drug-likeness (QED) is 0.832. The highest BCUT2D eigenvalue weighted by molar-refractivity contribution is 5.47. The Hall–Kier alpha value is -1.13. The second-order valence-electron chi connectivity index (χ2n) is 5.26. The van der Waals surface area contributed by atoms with E-state index in [0.717, 1.165) is 18.4 Å². The number of halogens is 1. The smallest absolute Gasteiger partial charge is 0.146 e. The van der Waals surface area contributed by atoms with Crippen LogP contribution in [-0.2, 0) is 4.74 Å². The molecule has 0 radical (unpaired) electrons. The monoisotopic (exact) mass is 267 g/mol. The highest BCUT2D eigenvalue weighted by Crippen LogP contribution is 2.21. The van der Waals surface area contributed by atoms with E-state index in [4.69, 9.17) is 4.74 Å². The van der Waals surface area contributed by atoms with Crippen molar-refractivity contribution in [3.63, 3.8) is 0 Å². The maximum Gasteiger partial charge on any atom is 0.146 e. The van der Waals surface area contributed by atoms with E-state index in [9.17, 15) is 9.50 Å². The van der Waals surface area contributed by atoms with Crippen LogP contribution in [0.4, 0.5) is 10.1 Å². The minimum absolute atomic E-state index is 0.297. The van der Waals surface area contributed by atoms with Crippen molar-refractivity contribution in [1.29, 1.82) is 0 Å². The number of aliphatic hydroxyl groups excluding tert-OH is 1. The van der Waals surface area contributed by atoms with Gasteiger partial charge in [0.25, 0.3) is 0 Å². The van der Waals surface area contributed by atoms with Gasteiger partial charge in [-0.2, -0.15) is 0 Å². The van der Waals surface area contributed by atoms with Gasteiger partial charge in [0.05, 0.1) is 24.5 Å². The summed E-state index contributed by atoms with van der Waals surface area (Å²) >= 11 is 0. The van der Waals surface area contributed by atoms with Gasteiger partial charge in [-0.05, 0) is 37.5 Å². The minimum atomic E-state index is -0.611. The maximum atomic E-state index is 13.5. The van der Waals surface area contributed by atoms with E-state index < -0.39 is 6.10 Å². The second kappa shape index (κ2) is 6.87. The molecule has 1 aliphatic carbocycles. The molecule has 1 aromatic rings. The van der Waals surface area contributed by atoms with Gasteiger partial charge in [-0.1, -0.05) is 18.9 Å². The van der Waals surface area contributed by atoms with E-state index in [0.29, 0.717) is 24.9 Å². The SMILES string of the molecule is Cc1ccc(F)c(NCC(O)COC2CCCC2)c1. The molecule has 0 amide bonds. The number of aliphatic hydroxyl groups is 1. The highest BCUT2D eigenvalue weighted by Gasteiger charge is 2.17. The highest BCUT2D eigenvalue weighted by atomic mass is 19.1. The van der Waals surface area contributed by atoms with E-state index in [2.05, 4.69) is 5.32 Å². The first-order chi connectivity index (χ1) is 9.15. The first kappa shape index (κ1) is 14.3. The molecular formula is C15H22FNO2. The van der Waals surface area contributed by atoms with Crippen LogP contribution in [0.1, 0.15) is 31.2 Å². The average Bonchev–Trinajstić information content (AvgIpc) is 2.90. The van der Waals surface area contributed by atoms with Gasteiger partial charge in [-0.15, -0.1) is 0 Å². The summed E-state index contributed by atoms with van der Waals surface area (Å²) in [6.45, 7) is 2.52. The zero-order valence-corrected chi connectivity index (χ0v) is 11.4. The molecule has 0 bridgehead atoms. The number of hydrogen-bond donors (Lipinski definition) is 2. The van der Waals surface area contributed by atoms with Crippen molar-refractivity contribution in [2.75, 3.05) is 18.5 Å². The molecule has 4 heteroatoms. The van der Waals surface area contributed by atoms with Gasteiger partial charge in [0.1, 0.15) is 5.82 Å². The molecule has 0 aliphatic heterocycles. The summed E-state index contributed by atoms with van der Waals surface area (Å²) in [7, 11) is 0. The Morgan fingerprint density at radius 3 is 2.89 bits per heavy atom. The summed E-state index contributed by atoms with van der Waals surface area (Å²) in [4.78, 5) is 0. The molecule has 3 nitrogen and oxygen atoms in total. The lowest BCUT2D eigenvalue weighted by atomic mass is 10.2. The van der Waals surface area contributed by atoms with E-state index >= 15 is 0 Å². The molecule has 19 heavy (non-hydrogen) atoms. The molecule has 0 aromatic heterocycles. The normalized spacial score (nSPS) is 17.6. The fraction of sp³-hybridized carbons (Fsp3) is 0.600. The number of aryl methyl sites for hydroxylation is 1. The third-order valence-electron chi connectivity index (χ3n) is 3.48. The van der Waals surface area contributed by atoms with Gasteiger partial charge in [0.2, 0.25) is 0 Å². The van der Waals surface area contributed by atoms with Crippen LogP contribution in [0.2, 0.25) is 0 Å². The summed E-state index contributed by atoms with van der Waals surface area (Å²) in [5, 5.41) is 12.7. The first-order valence-electron chi connectivity index (χ1n) is 6.95. The van der Waals surface area contributed by atoms with Gasteiger partial charge in [0.15, 0.2) is 0 Å². The largest absolute Gasteiger partial charge is 0.389 e. The van der Waals surface area contributed by atoms with Crippen LogP contribution in [0.25, 0.3) is 0 Å². The Labute approximate surface area is 113 Å². The van der Waals surface area contributed by atoms with Crippen molar-refractivity contribution in [2.45, 2.75) is 44.8 Å². The Bertz CT molecular complexity index is 405. The van der Waals surface area contributed by atoms with E-state index in [-0.39, 0.29) is 5.82 Å². The lowest BCUT2D eigenvalue weighted by Crippen LogP contribution is -2.27. The van der Waals surface area contributed by atoms with Gasteiger partial charge >= 0.3 is 0 Å². The van der Waals surface area contributed by atoms with Gasteiger partial charge in [0, 0.05) is 6.54 Å². The lowest BCUT2D eigenvalue weighted by molar-refractivity contribution is -0.00119. The molecular weight excluding hydrogens is 245 g/mol. The Morgan fingerprint density at radius 1 is 1.42 bits per heavy atom. The van der Waals surface area contributed by atoms with E-state index in [1.807, 2.05) is 6.92 Å². The fourth-order valence-corrected chi connectivity index (χ4v) is 2.36. The fourth-order valence-electron chi connectivity index (χ4n) is 2.36. The van der Waals surface area contributed by atoms with Crippen molar-refractivity contribution in [1.82, 2.24) is 0 Å². The zero-order chi connectivity index (χ0) is 13.7. The molecule has 0 saturated heterocycles. The summed E-state index contributed by atoms with van der Waals surface area (Å²) in [6.07, 6.45) is 4.30. The topological polar surface area (TPSA) is 41.5 Å². The maximum absolute atomic E-state index is 13.5. The van der Waals surface area contributed by atoms with Crippen molar-refractivity contribution < 1.29 is 14.2 Å². The van der Waals surface area contributed by atoms with Crippen LogP contribution in [0.3, 0.4) is 0 Å². The van der Waals surface area contributed by atoms with Crippen LogP contribution in [-0.4, -0.2) is 30.5 Å². The second-order valence-corrected chi connectivity index (χ2v) is 5.26. The van der Waals surface area contributed by atoms with E-state index in [1.54, 1.807) is 12.1 Å². The minimum Gasteiger partial charge on any atom is -0.389 e. The van der Waals surface area contributed by atoms with Gasteiger partial charge < -0.3 is 15.2 Å². The number of rotatable bonds is 6. The van der Waals surface area contributed by atoms with Crippen LogP contribution in [0, 0.1) is 12.7 Å². The predicted octanol–water partition coefficient (Wildman–Crippen LogP) is 2.87. The Balaban J connectivity index is 1.73. The summed E-state index contributed by atoms with van der Waals surface area (Å²) < 4.78 is 19.1. The Morgan fingerprint density at radius 2 is 2.16 bits per heavy atom. The summed E-state index contributed by atoms with van der Waals surface area (Å²) in [5.41, 5.74) is 1.42. The van der Waals surface area contributed by atoms with E-state index in [1.165, 1.54) is 18.9 Å². The Kier molecular flexibility index (Phi) is 5.16. The molecule has 0 spiro atoms. The number of benzene rings is 1. The summed E-state index contributed by atoms with van der Waals surface area (Å²) in [5.74, 6) is -0.297.